The zero-order chi connectivity index (χ0) is 9.97. The average molecular weight is 186 g/mol. The van der Waals surface area contributed by atoms with Crippen molar-refractivity contribution >= 4 is 11.4 Å². The molecular formula is C12H14N2. The summed E-state index contributed by atoms with van der Waals surface area (Å²) in [5.41, 5.74) is 4.26. The maximum Gasteiger partial charge on any atom is 0.0886 e. The first-order valence-corrected chi connectivity index (χ1v) is 4.94. The van der Waals surface area contributed by atoms with Gasteiger partial charge in [-0.3, -0.25) is 9.98 Å². The molecule has 1 aromatic rings. The second kappa shape index (κ2) is 3.74. The van der Waals surface area contributed by atoms with Crippen LogP contribution in [0.1, 0.15) is 31.2 Å². The Bertz CT molecular complexity index is 403. The molecule has 0 atom stereocenters. The number of hydrogen-bond acceptors (Lipinski definition) is 2. The van der Waals surface area contributed by atoms with Crippen LogP contribution in [0.15, 0.2) is 29.3 Å². The Hall–Kier alpha value is -1.44. The van der Waals surface area contributed by atoms with Gasteiger partial charge < -0.3 is 0 Å². The zero-order valence-electron chi connectivity index (χ0n) is 8.62. The molecule has 2 nitrogen and oxygen atoms in total. The SMILES string of the molecule is CC1=NC(c2cccc(C)n2)=CCC1. The monoisotopic (exact) mass is 186 g/mol. The lowest BCUT2D eigenvalue weighted by atomic mass is 10.1. The highest BCUT2D eigenvalue weighted by Crippen LogP contribution is 2.19. The predicted molar refractivity (Wildman–Crippen MR) is 59.3 cm³/mol. The summed E-state index contributed by atoms with van der Waals surface area (Å²) in [5, 5.41) is 0. The second-order valence-corrected chi connectivity index (χ2v) is 3.64. The van der Waals surface area contributed by atoms with Crippen molar-refractivity contribution in [3.8, 4) is 0 Å². The molecule has 0 aromatic carbocycles. The first-order chi connectivity index (χ1) is 6.75. The number of nitrogens with zero attached hydrogens (tertiary/aromatic N) is 2. The van der Waals surface area contributed by atoms with E-state index in [1.165, 1.54) is 5.71 Å². The Morgan fingerprint density at radius 3 is 2.79 bits per heavy atom. The maximum absolute atomic E-state index is 4.51. The van der Waals surface area contributed by atoms with Crippen LogP contribution in [0.5, 0.6) is 0 Å². The van der Waals surface area contributed by atoms with Crippen molar-refractivity contribution in [3.63, 3.8) is 0 Å². The van der Waals surface area contributed by atoms with Crippen molar-refractivity contribution in [2.75, 3.05) is 0 Å². The smallest absolute Gasteiger partial charge is 0.0886 e. The molecular weight excluding hydrogens is 172 g/mol. The van der Waals surface area contributed by atoms with Gasteiger partial charge in [0, 0.05) is 11.4 Å². The van der Waals surface area contributed by atoms with E-state index in [-0.39, 0.29) is 0 Å². The van der Waals surface area contributed by atoms with Crippen molar-refractivity contribution in [2.45, 2.75) is 26.7 Å². The molecule has 0 spiro atoms. The van der Waals surface area contributed by atoms with Gasteiger partial charge in [0.2, 0.25) is 0 Å². The molecule has 0 unspecified atom stereocenters. The first-order valence-electron chi connectivity index (χ1n) is 4.94. The molecule has 0 aliphatic carbocycles. The van der Waals surface area contributed by atoms with Gasteiger partial charge in [0.05, 0.1) is 11.4 Å². The highest BCUT2D eigenvalue weighted by molar-refractivity contribution is 5.89. The Morgan fingerprint density at radius 2 is 2.07 bits per heavy atom. The normalized spacial score (nSPS) is 16.1. The average Bonchev–Trinajstić information content (AvgIpc) is 2.18. The van der Waals surface area contributed by atoms with Gasteiger partial charge in [-0.15, -0.1) is 0 Å². The summed E-state index contributed by atoms with van der Waals surface area (Å²) < 4.78 is 0. The molecule has 0 amide bonds. The highest BCUT2D eigenvalue weighted by Gasteiger charge is 2.06. The molecule has 2 heterocycles. The largest absolute Gasteiger partial charge is 0.256 e. The summed E-state index contributed by atoms with van der Waals surface area (Å²) in [6, 6.07) is 6.04. The van der Waals surface area contributed by atoms with Gasteiger partial charge in [-0.2, -0.15) is 0 Å². The van der Waals surface area contributed by atoms with Gasteiger partial charge in [-0.05, 0) is 38.8 Å². The van der Waals surface area contributed by atoms with Crippen LogP contribution in [0.25, 0.3) is 5.70 Å². The fourth-order valence-electron chi connectivity index (χ4n) is 1.57. The predicted octanol–water partition coefficient (Wildman–Crippen LogP) is 2.99. The van der Waals surface area contributed by atoms with Crippen molar-refractivity contribution in [3.05, 3.63) is 35.7 Å². The van der Waals surface area contributed by atoms with Crippen molar-refractivity contribution in [2.24, 2.45) is 4.99 Å². The van der Waals surface area contributed by atoms with Crippen molar-refractivity contribution < 1.29 is 0 Å². The van der Waals surface area contributed by atoms with Crippen molar-refractivity contribution in [1.29, 1.82) is 0 Å². The second-order valence-electron chi connectivity index (χ2n) is 3.64. The van der Waals surface area contributed by atoms with Crippen LogP contribution in [0, 0.1) is 6.92 Å². The van der Waals surface area contributed by atoms with E-state index in [1.54, 1.807) is 0 Å². The van der Waals surface area contributed by atoms with E-state index >= 15 is 0 Å². The number of aromatic nitrogens is 1. The molecule has 0 saturated heterocycles. The third-order valence-corrected chi connectivity index (χ3v) is 2.31. The number of pyridine rings is 1. The molecule has 0 fully saturated rings. The van der Waals surface area contributed by atoms with Crippen LogP contribution in [-0.2, 0) is 0 Å². The number of allylic oxidation sites excluding steroid dienone is 1. The lowest BCUT2D eigenvalue weighted by molar-refractivity contribution is 1.05. The number of aryl methyl sites for hydroxylation is 1. The standard InChI is InChI=1S/C12H14N2/c1-9-5-3-7-11(13-9)12-8-4-6-10(2)14-12/h3,5,7-8H,4,6H2,1-2H3. The van der Waals surface area contributed by atoms with E-state index in [1.807, 2.05) is 25.1 Å². The van der Waals surface area contributed by atoms with Gasteiger partial charge in [-0.25, -0.2) is 0 Å². The van der Waals surface area contributed by atoms with Crippen LogP contribution >= 0.6 is 0 Å². The van der Waals surface area contributed by atoms with Gasteiger partial charge in [-0.1, -0.05) is 12.1 Å². The van der Waals surface area contributed by atoms with Gasteiger partial charge >= 0.3 is 0 Å². The number of hydrogen-bond donors (Lipinski definition) is 0. The van der Waals surface area contributed by atoms with E-state index in [4.69, 9.17) is 0 Å². The molecule has 0 N–H and O–H groups in total. The minimum Gasteiger partial charge on any atom is -0.256 e. The van der Waals surface area contributed by atoms with Gasteiger partial charge in [0.15, 0.2) is 0 Å². The third-order valence-electron chi connectivity index (χ3n) is 2.31. The Kier molecular flexibility index (Phi) is 2.44. The summed E-state index contributed by atoms with van der Waals surface area (Å²) in [4.78, 5) is 8.96. The summed E-state index contributed by atoms with van der Waals surface area (Å²) in [6.07, 6.45) is 4.32. The zero-order valence-corrected chi connectivity index (χ0v) is 8.62. The quantitative estimate of drug-likeness (QED) is 0.662. The fraction of sp³-hybridized carbons (Fsp3) is 0.333. The molecule has 1 aromatic heterocycles. The van der Waals surface area contributed by atoms with Crippen LogP contribution in [0.4, 0.5) is 0 Å². The number of aliphatic imine (C=N–C) groups is 1. The minimum atomic E-state index is 0.990. The minimum absolute atomic E-state index is 0.990. The first kappa shape index (κ1) is 9.13. The molecule has 2 rings (SSSR count). The van der Waals surface area contributed by atoms with Gasteiger partial charge in [0.1, 0.15) is 0 Å². The molecule has 0 bridgehead atoms. The lowest BCUT2D eigenvalue weighted by Gasteiger charge is -2.09. The van der Waals surface area contributed by atoms with Gasteiger partial charge in [0.25, 0.3) is 0 Å². The van der Waals surface area contributed by atoms with E-state index < -0.39 is 0 Å². The maximum atomic E-state index is 4.51. The topological polar surface area (TPSA) is 25.2 Å². The Labute approximate surface area is 84.4 Å². The molecule has 0 saturated carbocycles. The van der Waals surface area contributed by atoms with Crippen LogP contribution in [-0.4, -0.2) is 10.7 Å². The summed E-state index contributed by atoms with van der Waals surface area (Å²) in [5.74, 6) is 0. The lowest BCUT2D eigenvalue weighted by Crippen LogP contribution is -1.99. The Morgan fingerprint density at radius 1 is 1.21 bits per heavy atom. The molecule has 14 heavy (non-hydrogen) atoms. The van der Waals surface area contributed by atoms with Crippen LogP contribution in [0.3, 0.4) is 0 Å². The van der Waals surface area contributed by atoms with E-state index in [2.05, 4.69) is 23.0 Å². The molecule has 1 aliphatic rings. The molecule has 2 heteroatoms. The molecule has 1 aliphatic heterocycles. The molecule has 72 valence electrons. The summed E-state index contributed by atoms with van der Waals surface area (Å²) in [6.45, 7) is 4.08. The summed E-state index contributed by atoms with van der Waals surface area (Å²) >= 11 is 0. The van der Waals surface area contributed by atoms with E-state index in [0.717, 1.165) is 29.9 Å². The highest BCUT2D eigenvalue weighted by atomic mass is 14.8. The Balaban J connectivity index is 2.36. The summed E-state index contributed by atoms with van der Waals surface area (Å²) in [7, 11) is 0. The molecule has 0 radical (unpaired) electrons. The number of rotatable bonds is 1. The van der Waals surface area contributed by atoms with Crippen LogP contribution < -0.4 is 0 Å². The van der Waals surface area contributed by atoms with E-state index in [9.17, 15) is 0 Å². The fourth-order valence-corrected chi connectivity index (χ4v) is 1.57. The van der Waals surface area contributed by atoms with E-state index in [0.29, 0.717) is 0 Å². The van der Waals surface area contributed by atoms with Crippen LogP contribution in [0.2, 0.25) is 0 Å². The third kappa shape index (κ3) is 1.90. The van der Waals surface area contributed by atoms with Crippen molar-refractivity contribution in [1.82, 2.24) is 4.98 Å².